The van der Waals surface area contributed by atoms with Crippen molar-refractivity contribution in [3.63, 3.8) is 0 Å². The molecular formula is C14H11BrF3NO. The fourth-order valence-corrected chi connectivity index (χ4v) is 1.97. The lowest BCUT2D eigenvalue weighted by Crippen LogP contribution is -2.13. The molecule has 2 nitrogen and oxygen atoms in total. The van der Waals surface area contributed by atoms with Crippen LogP contribution in [0.25, 0.3) is 0 Å². The van der Waals surface area contributed by atoms with Gasteiger partial charge in [0.2, 0.25) is 0 Å². The normalized spacial score (nSPS) is 10.4. The van der Waals surface area contributed by atoms with Gasteiger partial charge in [-0.2, -0.15) is 0 Å². The first-order chi connectivity index (χ1) is 9.56. The molecule has 0 aliphatic rings. The molecule has 0 aliphatic heterocycles. The first-order valence-electron chi connectivity index (χ1n) is 5.83. The summed E-state index contributed by atoms with van der Waals surface area (Å²) in [6.07, 6.45) is 0. The Morgan fingerprint density at radius 2 is 1.90 bits per heavy atom. The first-order valence-corrected chi connectivity index (χ1v) is 6.62. The molecule has 1 N–H and O–H groups in total. The van der Waals surface area contributed by atoms with E-state index in [1.165, 1.54) is 0 Å². The monoisotopic (exact) mass is 345 g/mol. The summed E-state index contributed by atoms with van der Waals surface area (Å²) >= 11 is 3.30. The molecule has 106 valence electrons. The van der Waals surface area contributed by atoms with Gasteiger partial charge in [0.05, 0.1) is 5.69 Å². The van der Waals surface area contributed by atoms with Gasteiger partial charge in [-0.25, -0.2) is 13.2 Å². The Kier molecular flexibility index (Phi) is 4.89. The van der Waals surface area contributed by atoms with E-state index in [9.17, 15) is 13.2 Å². The van der Waals surface area contributed by atoms with E-state index >= 15 is 0 Å². The quantitative estimate of drug-likeness (QED) is 0.642. The van der Waals surface area contributed by atoms with E-state index in [1.807, 2.05) is 12.1 Å². The Bertz CT molecular complexity index is 607. The molecule has 2 rings (SSSR count). The topological polar surface area (TPSA) is 21.3 Å². The van der Waals surface area contributed by atoms with Crippen LogP contribution in [0.4, 0.5) is 18.9 Å². The van der Waals surface area contributed by atoms with Gasteiger partial charge >= 0.3 is 0 Å². The van der Waals surface area contributed by atoms with Crippen LogP contribution in [-0.2, 0) is 0 Å². The number of benzene rings is 2. The third-order valence-electron chi connectivity index (χ3n) is 2.48. The summed E-state index contributed by atoms with van der Waals surface area (Å²) in [7, 11) is 0. The second-order valence-electron chi connectivity index (χ2n) is 3.98. The van der Waals surface area contributed by atoms with Crippen LogP contribution >= 0.6 is 15.9 Å². The van der Waals surface area contributed by atoms with Crippen LogP contribution in [0.5, 0.6) is 5.75 Å². The Balaban J connectivity index is 1.87. The van der Waals surface area contributed by atoms with Crippen molar-refractivity contribution in [1.82, 2.24) is 0 Å². The van der Waals surface area contributed by atoms with Crippen LogP contribution in [0.3, 0.4) is 0 Å². The van der Waals surface area contributed by atoms with Crippen molar-refractivity contribution in [3.05, 3.63) is 58.3 Å². The number of rotatable bonds is 5. The molecule has 0 aliphatic carbocycles. The molecule has 0 aromatic heterocycles. The number of halogens is 4. The zero-order valence-electron chi connectivity index (χ0n) is 10.3. The van der Waals surface area contributed by atoms with Crippen molar-refractivity contribution in [2.75, 3.05) is 18.5 Å². The maximum atomic E-state index is 13.3. The second kappa shape index (κ2) is 6.65. The van der Waals surface area contributed by atoms with Gasteiger partial charge in [0.25, 0.3) is 0 Å². The Hall–Kier alpha value is -1.69. The van der Waals surface area contributed by atoms with Crippen LogP contribution < -0.4 is 10.1 Å². The van der Waals surface area contributed by atoms with E-state index in [1.54, 1.807) is 12.1 Å². The predicted octanol–water partition coefficient (Wildman–Crippen LogP) is 4.36. The second-order valence-corrected chi connectivity index (χ2v) is 4.90. The van der Waals surface area contributed by atoms with Crippen LogP contribution in [0.1, 0.15) is 0 Å². The maximum Gasteiger partial charge on any atom is 0.182 e. The van der Waals surface area contributed by atoms with Crippen molar-refractivity contribution < 1.29 is 17.9 Å². The SMILES string of the molecule is Fc1cc(F)c(F)c(NCCOc2cccc(Br)c2)c1. The molecule has 0 saturated heterocycles. The van der Waals surface area contributed by atoms with Gasteiger partial charge < -0.3 is 10.1 Å². The Morgan fingerprint density at radius 1 is 1.10 bits per heavy atom. The summed E-state index contributed by atoms with van der Waals surface area (Å²) in [5.41, 5.74) is -0.222. The molecule has 0 radical (unpaired) electrons. The van der Waals surface area contributed by atoms with E-state index in [0.29, 0.717) is 11.8 Å². The fraction of sp³-hybridized carbons (Fsp3) is 0.143. The third kappa shape index (κ3) is 3.90. The minimum absolute atomic E-state index is 0.215. The van der Waals surface area contributed by atoms with Crippen LogP contribution in [0.15, 0.2) is 40.9 Å². The van der Waals surface area contributed by atoms with Crippen molar-refractivity contribution in [2.24, 2.45) is 0 Å². The molecule has 6 heteroatoms. The first kappa shape index (κ1) is 14.7. The molecule has 0 atom stereocenters. The van der Waals surface area contributed by atoms with E-state index in [-0.39, 0.29) is 18.8 Å². The lowest BCUT2D eigenvalue weighted by molar-refractivity contribution is 0.332. The fourth-order valence-electron chi connectivity index (χ4n) is 1.60. The molecule has 0 spiro atoms. The van der Waals surface area contributed by atoms with Gasteiger partial charge in [-0.05, 0) is 18.2 Å². The summed E-state index contributed by atoms with van der Waals surface area (Å²) in [6, 6.07) is 8.62. The van der Waals surface area contributed by atoms with Crippen LogP contribution in [-0.4, -0.2) is 13.2 Å². The maximum absolute atomic E-state index is 13.3. The number of anilines is 1. The highest BCUT2D eigenvalue weighted by atomic mass is 79.9. The average molecular weight is 346 g/mol. The lowest BCUT2D eigenvalue weighted by Gasteiger charge is -2.10. The van der Waals surface area contributed by atoms with E-state index in [4.69, 9.17) is 4.74 Å². The largest absolute Gasteiger partial charge is 0.492 e. The highest BCUT2D eigenvalue weighted by molar-refractivity contribution is 9.10. The Labute approximate surface area is 122 Å². The van der Waals surface area contributed by atoms with E-state index in [2.05, 4.69) is 21.2 Å². The molecule has 20 heavy (non-hydrogen) atoms. The summed E-state index contributed by atoms with van der Waals surface area (Å²) in [6.45, 7) is 0.445. The van der Waals surface area contributed by atoms with Gasteiger partial charge in [0.15, 0.2) is 11.6 Å². The predicted molar refractivity (Wildman–Crippen MR) is 74.4 cm³/mol. The molecule has 0 saturated carbocycles. The molecular weight excluding hydrogens is 335 g/mol. The highest BCUT2D eigenvalue weighted by Gasteiger charge is 2.10. The van der Waals surface area contributed by atoms with Crippen molar-refractivity contribution in [2.45, 2.75) is 0 Å². The number of ether oxygens (including phenoxy) is 1. The van der Waals surface area contributed by atoms with E-state index in [0.717, 1.165) is 10.5 Å². The van der Waals surface area contributed by atoms with Crippen molar-refractivity contribution in [3.8, 4) is 5.75 Å². The number of nitrogens with one attached hydrogen (secondary N) is 1. The molecule has 0 unspecified atom stereocenters. The molecule has 0 amide bonds. The van der Waals surface area contributed by atoms with Crippen LogP contribution in [0, 0.1) is 17.5 Å². The minimum atomic E-state index is -1.22. The number of hydrogen-bond acceptors (Lipinski definition) is 2. The number of hydrogen-bond donors (Lipinski definition) is 1. The van der Waals surface area contributed by atoms with Gasteiger partial charge in [-0.15, -0.1) is 0 Å². The average Bonchev–Trinajstić information content (AvgIpc) is 2.40. The van der Waals surface area contributed by atoms with Crippen molar-refractivity contribution in [1.29, 1.82) is 0 Å². The molecule has 0 bridgehead atoms. The molecule has 0 fully saturated rings. The zero-order valence-corrected chi connectivity index (χ0v) is 11.9. The summed E-state index contributed by atoms with van der Waals surface area (Å²) < 4.78 is 45.5. The van der Waals surface area contributed by atoms with Gasteiger partial charge in [0, 0.05) is 23.2 Å². The van der Waals surface area contributed by atoms with Crippen LogP contribution in [0.2, 0.25) is 0 Å². The highest BCUT2D eigenvalue weighted by Crippen LogP contribution is 2.19. The summed E-state index contributed by atoms with van der Waals surface area (Å²) in [5.74, 6) is -2.51. The smallest absolute Gasteiger partial charge is 0.182 e. The third-order valence-corrected chi connectivity index (χ3v) is 2.97. The van der Waals surface area contributed by atoms with Gasteiger partial charge in [0.1, 0.15) is 18.2 Å². The standard InChI is InChI=1S/C14H11BrF3NO/c15-9-2-1-3-11(6-9)20-5-4-19-13-8-10(16)7-12(17)14(13)18/h1-3,6-8,19H,4-5H2. The molecule has 0 heterocycles. The lowest BCUT2D eigenvalue weighted by atomic mass is 10.3. The van der Waals surface area contributed by atoms with E-state index < -0.39 is 17.5 Å². The van der Waals surface area contributed by atoms with Gasteiger partial charge in [-0.1, -0.05) is 22.0 Å². The summed E-state index contributed by atoms with van der Waals surface area (Å²) in [5, 5.41) is 2.59. The van der Waals surface area contributed by atoms with Crippen molar-refractivity contribution >= 4 is 21.6 Å². The minimum Gasteiger partial charge on any atom is -0.492 e. The molecule has 2 aromatic rings. The zero-order chi connectivity index (χ0) is 14.5. The Morgan fingerprint density at radius 3 is 2.65 bits per heavy atom. The van der Waals surface area contributed by atoms with Gasteiger partial charge in [-0.3, -0.25) is 0 Å². The summed E-state index contributed by atoms with van der Waals surface area (Å²) in [4.78, 5) is 0. The molecule has 2 aromatic carbocycles.